The second kappa shape index (κ2) is 4.31. The van der Waals surface area contributed by atoms with E-state index in [1.807, 2.05) is 12.1 Å². The number of furan rings is 1. The molecule has 17 heavy (non-hydrogen) atoms. The second-order valence-corrected chi connectivity index (χ2v) is 5.39. The SMILES string of the molecule is NC(c1ccc(Br)o1)C1Cc2ccccc2C1. The third-order valence-corrected chi connectivity index (χ3v) is 3.94. The maximum absolute atomic E-state index is 6.28. The Morgan fingerprint density at radius 2 is 1.76 bits per heavy atom. The monoisotopic (exact) mass is 291 g/mol. The van der Waals surface area contributed by atoms with Crippen molar-refractivity contribution in [1.29, 1.82) is 0 Å². The van der Waals surface area contributed by atoms with E-state index in [1.54, 1.807) is 0 Å². The molecular formula is C14H14BrNO. The minimum absolute atomic E-state index is 0.0197. The first kappa shape index (κ1) is 11.1. The molecule has 0 bridgehead atoms. The first-order valence-corrected chi connectivity index (χ1v) is 6.61. The van der Waals surface area contributed by atoms with Crippen LogP contribution in [0.1, 0.15) is 22.9 Å². The molecule has 1 atom stereocenters. The van der Waals surface area contributed by atoms with E-state index in [9.17, 15) is 0 Å². The van der Waals surface area contributed by atoms with Gasteiger partial charge in [0.05, 0.1) is 6.04 Å². The molecule has 2 nitrogen and oxygen atoms in total. The maximum atomic E-state index is 6.28. The molecule has 1 heterocycles. The van der Waals surface area contributed by atoms with Crippen molar-refractivity contribution in [2.45, 2.75) is 18.9 Å². The highest BCUT2D eigenvalue weighted by molar-refractivity contribution is 9.10. The van der Waals surface area contributed by atoms with Crippen LogP contribution in [0.4, 0.5) is 0 Å². The Bertz CT molecular complexity index is 510. The lowest BCUT2D eigenvalue weighted by atomic mass is 9.95. The van der Waals surface area contributed by atoms with Crippen molar-refractivity contribution in [3.05, 3.63) is 58.0 Å². The number of hydrogen-bond donors (Lipinski definition) is 1. The molecule has 0 amide bonds. The van der Waals surface area contributed by atoms with Gasteiger partial charge in [0, 0.05) is 0 Å². The molecule has 0 fully saturated rings. The normalized spacial score (nSPS) is 17.1. The van der Waals surface area contributed by atoms with Gasteiger partial charge in [-0.15, -0.1) is 0 Å². The quantitative estimate of drug-likeness (QED) is 0.920. The van der Waals surface area contributed by atoms with Gasteiger partial charge in [-0.1, -0.05) is 24.3 Å². The van der Waals surface area contributed by atoms with Crippen molar-refractivity contribution >= 4 is 15.9 Å². The molecule has 0 saturated heterocycles. The molecule has 2 aromatic rings. The highest BCUT2D eigenvalue weighted by atomic mass is 79.9. The lowest BCUT2D eigenvalue weighted by molar-refractivity contribution is 0.367. The first-order chi connectivity index (χ1) is 8.24. The number of hydrogen-bond acceptors (Lipinski definition) is 2. The Hall–Kier alpha value is -1.06. The van der Waals surface area contributed by atoms with Crippen LogP contribution >= 0.6 is 15.9 Å². The first-order valence-electron chi connectivity index (χ1n) is 5.81. The van der Waals surface area contributed by atoms with Crippen molar-refractivity contribution in [2.24, 2.45) is 11.7 Å². The van der Waals surface area contributed by atoms with Gasteiger partial charge in [0.1, 0.15) is 5.76 Å². The standard InChI is InChI=1S/C14H14BrNO/c15-13-6-5-12(17-13)14(16)11-7-9-3-1-2-4-10(9)8-11/h1-6,11,14H,7-8,16H2. The molecule has 0 aliphatic heterocycles. The summed E-state index contributed by atoms with van der Waals surface area (Å²) < 4.78 is 6.30. The molecule has 0 radical (unpaired) electrons. The van der Waals surface area contributed by atoms with Gasteiger partial charge in [-0.25, -0.2) is 0 Å². The van der Waals surface area contributed by atoms with Gasteiger partial charge in [-0.05, 0) is 57.9 Å². The Morgan fingerprint density at radius 3 is 2.29 bits per heavy atom. The summed E-state index contributed by atoms with van der Waals surface area (Å²) in [5.41, 5.74) is 9.14. The predicted molar refractivity (Wildman–Crippen MR) is 70.7 cm³/mol. The highest BCUT2D eigenvalue weighted by Gasteiger charge is 2.28. The zero-order valence-corrected chi connectivity index (χ0v) is 11.0. The van der Waals surface area contributed by atoms with Crippen LogP contribution in [0.2, 0.25) is 0 Å². The average molecular weight is 292 g/mol. The Balaban J connectivity index is 1.80. The summed E-state index contributed by atoms with van der Waals surface area (Å²) in [6, 6.07) is 12.4. The molecule has 0 spiro atoms. The van der Waals surface area contributed by atoms with Gasteiger partial charge < -0.3 is 10.2 Å². The molecule has 3 rings (SSSR count). The van der Waals surface area contributed by atoms with Crippen LogP contribution in [-0.2, 0) is 12.8 Å². The molecule has 3 heteroatoms. The van der Waals surface area contributed by atoms with Crippen molar-refractivity contribution in [2.75, 3.05) is 0 Å². The smallest absolute Gasteiger partial charge is 0.169 e. The third kappa shape index (κ3) is 2.05. The highest BCUT2D eigenvalue weighted by Crippen LogP contribution is 2.34. The van der Waals surface area contributed by atoms with Gasteiger partial charge >= 0.3 is 0 Å². The molecule has 1 unspecified atom stereocenters. The summed E-state index contributed by atoms with van der Waals surface area (Å²) in [5.74, 6) is 1.32. The molecule has 88 valence electrons. The van der Waals surface area contributed by atoms with Gasteiger partial charge in [0.2, 0.25) is 0 Å². The Kier molecular flexibility index (Phi) is 2.81. The van der Waals surface area contributed by atoms with Crippen LogP contribution in [0.15, 0.2) is 45.5 Å². The number of halogens is 1. The fourth-order valence-electron chi connectivity index (χ4n) is 2.59. The topological polar surface area (TPSA) is 39.2 Å². The van der Waals surface area contributed by atoms with Gasteiger partial charge in [0.15, 0.2) is 4.67 Å². The lowest BCUT2D eigenvalue weighted by Crippen LogP contribution is -2.21. The van der Waals surface area contributed by atoms with Crippen LogP contribution in [0.5, 0.6) is 0 Å². The number of rotatable bonds is 2. The van der Waals surface area contributed by atoms with Gasteiger partial charge in [-0.3, -0.25) is 0 Å². The predicted octanol–water partition coefficient (Wildman–Crippen LogP) is 3.46. The average Bonchev–Trinajstić information content (AvgIpc) is 2.93. The van der Waals surface area contributed by atoms with Crippen LogP contribution in [-0.4, -0.2) is 0 Å². The van der Waals surface area contributed by atoms with E-state index in [0.29, 0.717) is 5.92 Å². The van der Waals surface area contributed by atoms with Crippen molar-refractivity contribution in [3.8, 4) is 0 Å². The van der Waals surface area contributed by atoms with E-state index in [2.05, 4.69) is 40.2 Å². The lowest BCUT2D eigenvalue weighted by Gasteiger charge is -2.16. The summed E-state index contributed by atoms with van der Waals surface area (Å²) in [5, 5.41) is 0. The Labute approximate surface area is 109 Å². The summed E-state index contributed by atoms with van der Waals surface area (Å²) in [6.07, 6.45) is 2.10. The van der Waals surface area contributed by atoms with E-state index in [1.165, 1.54) is 11.1 Å². The Morgan fingerprint density at radius 1 is 1.12 bits per heavy atom. The second-order valence-electron chi connectivity index (χ2n) is 4.60. The fourth-order valence-corrected chi connectivity index (χ4v) is 2.91. The van der Waals surface area contributed by atoms with Crippen LogP contribution in [0.3, 0.4) is 0 Å². The molecule has 0 saturated carbocycles. The van der Waals surface area contributed by atoms with E-state index < -0.39 is 0 Å². The third-order valence-electron chi connectivity index (χ3n) is 3.51. The van der Waals surface area contributed by atoms with Gasteiger partial charge in [0.25, 0.3) is 0 Å². The minimum Gasteiger partial charge on any atom is -0.453 e. The minimum atomic E-state index is -0.0197. The van der Waals surface area contributed by atoms with Crippen molar-refractivity contribution in [1.82, 2.24) is 0 Å². The van der Waals surface area contributed by atoms with Crippen LogP contribution in [0.25, 0.3) is 0 Å². The largest absolute Gasteiger partial charge is 0.453 e. The summed E-state index contributed by atoms with van der Waals surface area (Å²) in [7, 11) is 0. The number of benzene rings is 1. The number of fused-ring (bicyclic) bond motifs is 1. The van der Waals surface area contributed by atoms with E-state index in [0.717, 1.165) is 23.3 Å². The molecule has 2 N–H and O–H groups in total. The van der Waals surface area contributed by atoms with Gasteiger partial charge in [-0.2, -0.15) is 0 Å². The molecular weight excluding hydrogens is 278 g/mol. The van der Waals surface area contributed by atoms with Crippen LogP contribution < -0.4 is 5.73 Å². The molecule has 1 aliphatic rings. The zero-order valence-electron chi connectivity index (χ0n) is 9.40. The summed E-state index contributed by atoms with van der Waals surface area (Å²) >= 11 is 3.32. The maximum Gasteiger partial charge on any atom is 0.169 e. The molecule has 1 aromatic carbocycles. The summed E-state index contributed by atoms with van der Waals surface area (Å²) in [6.45, 7) is 0. The van der Waals surface area contributed by atoms with Crippen LogP contribution in [0, 0.1) is 5.92 Å². The fraction of sp³-hybridized carbons (Fsp3) is 0.286. The van der Waals surface area contributed by atoms with E-state index in [4.69, 9.17) is 10.2 Å². The van der Waals surface area contributed by atoms with Crippen molar-refractivity contribution in [3.63, 3.8) is 0 Å². The van der Waals surface area contributed by atoms with E-state index >= 15 is 0 Å². The van der Waals surface area contributed by atoms with E-state index in [-0.39, 0.29) is 6.04 Å². The summed E-state index contributed by atoms with van der Waals surface area (Å²) in [4.78, 5) is 0. The molecule has 1 aliphatic carbocycles. The zero-order chi connectivity index (χ0) is 11.8. The van der Waals surface area contributed by atoms with Crippen molar-refractivity contribution < 1.29 is 4.42 Å². The molecule has 1 aromatic heterocycles. The number of nitrogens with two attached hydrogens (primary N) is 1.